The first-order valence-electron chi connectivity index (χ1n) is 5.27. The van der Waals surface area contributed by atoms with E-state index in [1.165, 1.54) is 0 Å². The van der Waals surface area contributed by atoms with E-state index in [1.54, 1.807) is 24.3 Å². The van der Waals surface area contributed by atoms with Gasteiger partial charge >= 0.3 is 6.03 Å². The highest BCUT2D eigenvalue weighted by atomic mass is 16.2. The molecule has 0 fully saturated rings. The van der Waals surface area contributed by atoms with Gasteiger partial charge < -0.3 is 16.4 Å². The molecule has 0 aliphatic rings. The molecule has 0 saturated carbocycles. The Balaban J connectivity index is 2.69. The summed E-state index contributed by atoms with van der Waals surface area (Å²) in [5.41, 5.74) is 5.81. The molecule has 0 bridgehead atoms. The van der Waals surface area contributed by atoms with Gasteiger partial charge in [-0.3, -0.25) is 4.79 Å². The third kappa shape index (κ3) is 4.14. The number of carbonyl (C=O) groups is 2. The zero-order chi connectivity index (χ0) is 13.1. The minimum atomic E-state index is -0.614. The summed E-state index contributed by atoms with van der Waals surface area (Å²) in [5, 5.41) is 5.22. The van der Waals surface area contributed by atoms with Crippen molar-refractivity contribution in [2.24, 2.45) is 11.1 Å². The molecule has 3 amide bonds. The molecule has 92 valence electrons. The molecule has 0 aliphatic heterocycles. The van der Waals surface area contributed by atoms with Crippen LogP contribution in [0.15, 0.2) is 24.3 Å². The van der Waals surface area contributed by atoms with Crippen LogP contribution in [0.5, 0.6) is 0 Å². The fourth-order valence-corrected chi connectivity index (χ4v) is 1.10. The number of benzene rings is 1. The number of primary amides is 1. The van der Waals surface area contributed by atoms with Crippen LogP contribution in [0.4, 0.5) is 16.2 Å². The average Bonchev–Trinajstić information content (AvgIpc) is 2.18. The molecule has 0 heterocycles. The highest BCUT2D eigenvalue weighted by Crippen LogP contribution is 2.18. The van der Waals surface area contributed by atoms with Crippen LogP contribution >= 0.6 is 0 Å². The standard InChI is InChI=1S/C12H17N3O2/c1-12(2,3)10(16)14-8-4-6-9(7-5-8)15-11(13)17/h4-7H,1-3H3,(H,14,16)(H3,13,15,17). The quantitative estimate of drug-likeness (QED) is 0.733. The molecule has 0 aromatic heterocycles. The number of anilines is 2. The Kier molecular flexibility index (Phi) is 3.73. The maximum atomic E-state index is 11.7. The monoisotopic (exact) mass is 235 g/mol. The zero-order valence-electron chi connectivity index (χ0n) is 10.2. The van der Waals surface area contributed by atoms with E-state index >= 15 is 0 Å². The number of nitrogens with one attached hydrogen (secondary N) is 2. The number of rotatable bonds is 2. The van der Waals surface area contributed by atoms with Gasteiger partial charge in [0.1, 0.15) is 0 Å². The maximum absolute atomic E-state index is 11.7. The maximum Gasteiger partial charge on any atom is 0.316 e. The number of hydrogen-bond donors (Lipinski definition) is 3. The zero-order valence-corrected chi connectivity index (χ0v) is 10.2. The molecule has 0 aliphatic carbocycles. The lowest BCUT2D eigenvalue weighted by atomic mass is 9.95. The van der Waals surface area contributed by atoms with Crippen LogP contribution < -0.4 is 16.4 Å². The predicted molar refractivity (Wildman–Crippen MR) is 67.7 cm³/mol. The van der Waals surface area contributed by atoms with Gasteiger partial charge in [-0.2, -0.15) is 0 Å². The van der Waals surface area contributed by atoms with Crippen molar-refractivity contribution in [3.63, 3.8) is 0 Å². The second kappa shape index (κ2) is 4.86. The summed E-state index contributed by atoms with van der Waals surface area (Å²) in [5.74, 6) is -0.0619. The van der Waals surface area contributed by atoms with Gasteiger partial charge in [0.05, 0.1) is 0 Å². The van der Waals surface area contributed by atoms with E-state index in [-0.39, 0.29) is 5.91 Å². The van der Waals surface area contributed by atoms with E-state index in [0.29, 0.717) is 11.4 Å². The van der Waals surface area contributed by atoms with E-state index in [0.717, 1.165) is 0 Å². The Bertz CT molecular complexity index is 418. The smallest absolute Gasteiger partial charge is 0.316 e. The van der Waals surface area contributed by atoms with Gasteiger partial charge in [0, 0.05) is 16.8 Å². The molecule has 1 rings (SSSR count). The Labute approximate surface area is 100 Å². The summed E-state index contributed by atoms with van der Waals surface area (Å²) in [4.78, 5) is 22.3. The number of carbonyl (C=O) groups excluding carboxylic acids is 2. The Morgan fingerprint density at radius 1 is 1.00 bits per heavy atom. The van der Waals surface area contributed by atoms with Crippen molar-refractivity contribution in [2.75, 3.05) is 10.6 Å². The lowest BCUT2D eigenvalue weighted by Gasteiger charge is -2.17. The van der Waals surface area contributed by atoms with Crippen LogP contribution in [-0.4, -0.2) is 11.9 Å². The fraction of sp³-hybridized carbons (Fsp3) is 0.333. The highest BCUT2D eigenvalue weighted by Gasteiger charge is 2.20. The van der Waals surface area contributed by atoms with Crippen molar-refractivity contribution in [3.8, 4) is 0 Å². The first-order chi connectivity index (χ1) is 7.79. The number of urea groups is 1. The second-order valence-corrected chi connectivity index (χ2v) is 4.77. The van der Waals surface area contributed by atoms with Crippen LogP contribution in [-0.2, 0) is 4.79 Å². The number of hydrogen-bond acceptors (Lipinski definition) is 2. The molecule has 5 nitrogen and oxygen atoms in total. The first-order valence-corrected chi connectivity index (χ1v) is 5.27. The number of amides is 3. The van der Waals surface area contributed by atoms with Gasteiger partial charge in [0.25, 0.3) is 0 Å². The summed E-state index contributed by atoms with van der Waals surface area (Å²) in [6.07, 6.45) is 0. The third-order valence-electron chi connectivity index (χ3n) is 2.09. The minimum absolute atomic E-state index is 0.0619. The normalized spacial score (nSPS) is 10.8. The van der Waals surface area contributed by atoms with E-state index in [2.05, 4.69) is 10.6 Å². The van der Waals surface area contributed by atoms with Crippen molar-refractivity contribution in [3.05, 3.63) is 24.3 Å². The van der Waals surface area contributed by atoms with E-state index in [1.807, 2.05) is 20.8 Å². The predicted octanol–water partition coefficient (Wildman–Crippen LogP) is 2.16. The lowest BCUT2D eigenvalue weighted by Crippen LogP contribution is -2.27. The van der Waals surface area contributed by atoms with Gasteiger partial charge in [0.15, 0.2) is 0 Å². The van der Waals surface area contributed by atoms with Crippen LogP contribution in [0.2, 0.25) is 0 Å². The molecule has 17 heavy (non-hydrogen) atoms. The SMILES string of the molecule is CC(C)(C)C(=O)Nc1ccc(NC(N)=O)cc1. The molecule has 4 N–H and O–H groups in total. The molecular formula is C12H17N3O2. The van der Waals surface area contributed by atoms with Crippen molar-refractivity contribution in [1.29, 1.82) is 0 Å². The third-order valence-corrected chi connectivity index (χ3v) is 2.09. The van der Waals surface area contributed by atoms with Crippen LogP contribution in [0.25, 0.3) is 0 Å². The van der Waals surface area contributed by atoms with Crippen molar-refractivity contribution < 1.29 is 9.59 Å². The molecule has 1 aromatic rings. The number of nitrogens with two attached hydrogens (primary N) is 1. The van der Waals surface area contributed by atoms with Gasteiger partial charge in [-0.15, -0.1) is 0 Å². The van der Waals surface area contributed by atoms with Crippen molar-refractivity contribution in [2.45, 2.75) is 20.8 Å². The van der Waals surface area contributed by atoms with E-state index < -0.39 is 11.4 Å². The lowest BCUT2D eigenvalue weighted by molar-refractivity contribution is -0.123. The van der Waals surface area contributed by atoms with Crippen LogP contribution in [0.1, 0.15) is 20.8 Å². The minimum Gasteiger partial charge on any atom is -0.351 e. The van der Waals surface area contributed by atoms with Gasteiger partial charge in [-0.25, -0.2) is 4.79 Å². The van der Waals surface area contributed by atoms with Gasteiger partial charge in [-0.05, 0) is 24.3 Å². The summed E-state index contributed by atoms with van der Waals surface area (Å²) < 4.78 is 0. The summed E-state index contributed by atoms with van der Waals surface area (Å²) >= 11 is 0. The topological polar surface area (TPSA) is 84.2 Å². The molecule has 0 saturated heterocycles. The molecule has 0 radical (unpaired) electrons. The van der Waals surface area contributed by atoms with Crippen molar-refractivity contribution in [1.82, 2.24) is 0 Å². The van der Waals surface area contributed by atoms with E-state index in [9.17, 15) is 9.59 Å². The molecule has 0 spiro atoms. The van der Waals surface area contributed by atoms with Crippen LogP contribution in [0, 0.1) is 5.41 Å². The first kappa shape index (κ1) is 13.0. The van der Waals surface area contributed by atoms with E-state index in [4.69, 9.17) is 5.73 Å². The summed E-state index contributed by atoms with van der Waals surface area (Å²) in [7, 11) is 0. The van der Waals surface area contributed by atoms with Gasteiger partial charge in [-0.1, -0.05) is 20.8 Å². The van der Waals surface area contributed by atoms with Gasteiger partial charge in [0.2, 0.25) is 5.91 Å². The molecule has 5 heteroatoms. The fourth-order valence-electron chi connectivity index (χ4n) is 1.10. The summed E-state index contributed by atoms with van der Waals surface area (Å²) in [6.45, 7) is 5.52. The molecule has 0 unspecified atom stereocenters. The van der Waals surface area contributed by atoms with Crippen molar-refractivity contribution >= 4 is 23.3 Å². The Morgan fingerprint density at radius 2 is 1.41 bits per heavy atom. The Morgan fingerprint density at radius 3 is 1.76 bits per heavy atom. The largest absolute Gasteiger partial charge is 0.351 e. The highest BCUT2D eigenvalue weighted by molar-refractivity contribution is 5.95. The molecule has 0 atom stereocenters. The Hall–Kier alpha value is -2.04. The second-order valence-electron chi connectivity index (χ2n) is 4.77. The summed E-state index contributed by atoms with van der Waals surface area (Å²) in [6, 6.07) is 6.13. The molecule has 1 aromatic carbocycles. The average molecular weight is 235 g/mol. The van der Waals surface area contributed by atoms with Crippen LogP contribution in [0.3, 0.4) is 0 Å². The molecular weight excluding hydrogens is 218 g/mol.